The summed E-state index contributed by atoms with van der Waals surface area (Å²) in [5.41, 5.74) is 1.29. The van der Waals surface area contributed by atoms with E-state index in [0.29, 0.717) is 12.3 Å². The molecule has 9 heteroatoms. The lowest BCUT2D eigenvalue weighted by Crippen LogP contribution is -2.52. The van der Waals surface area contributed by atoms with Crippen molar-refractivity contribution >= 4 is 11.9 Å². The number of carboxylic acid groups (broad SMARTS) is 1. The number of amides is 1. The van der Waals surface area contributed by atoms with E-state index in [1.807, 2.05) is 18.2 Å². The highest BCUT2D eigenvalue weighted by molar-refractivity contribution is 5.79. The van der Waals surface area contributed by atoms with E-state index in [1.165, 1.54) is 5.56 Å². The fourth-order valence-corrected chi connectivity index (χ4v) is 4.17. The number of aliphatic carboxylic acids is 1. The van der Waals surface area contributed by atoms with Crippen LogP contribution < -0.4 is 0 Å². The molecule has 0 atom stereocenters. The van der Waals surface area contributed by atoms with Crippen LogP contribution >= 0.6 is 0 Å². The Morgan fingerprint density at radius 1 is 1.03 bits per heavy atom. The molecule has 1 N–H and O–H groups in total. The quantitative estimate of drug-likeness (QED) is 0.779. The highest BCUT2D eigenvalue weighted by atomic mass is 19.4. The summed E-state index contributed by atoms with van der Waals surface area (Å²) in [6, 6.07) is 14.3. The summed E-state index contributed by atoms with van der Waals surface area (Å²) < 4.78 is 37.2. The molecule has 168 valence electrons. The van der Waals surface area contributed by atoms with Gasteiger partial charge in [0, 0.05) is 31.6 Å². The highest BCUT2D eigenvalue weighted by Gasteiger charge is 2.46. The second kappa shape index (κ2) is 9.55. The van der Waals surface area contributed by atoms with Crippen LogP contribution in [0.3, 0.4) is 0 Å². The third-order valence-electron chi connectivity index (χ3n) is 5.85. The molecule has 1 aromatic heterocycles. The minimum atomic E-state index is -5.08. The van der Waals surface area contributed by atoms with E-state index in [-0.39, 0.29) is 5.54 Å². The lowest BCUT2D eigenvalue weighted by Gasteiger charge is -2.45. The van der Waals surface area contributed by atoms with E-state index in [2.05, 4.69) is 34.1 Å². The van der Waals surface area contributed by atoms with Crippen molar-refractivity contribution in [1.29, 1.82) is 0 Å². The van der Waals surface area contributed by atoms with Crippen molar-refractivity contribution in [2.75, 3.05) is 13.1 Å². The zero-order chi connectivity index (χ0) is 22.5. The number of nitrogens with zero attached hydrogens (tertiary/aromatic N) is 2. The normalized spacial score (nSPS) is 18.7. The Balaban J connectivity index is 0.000000339. The summed E-state index contributed by atoms with van der Waals surface area (Å²) in [7, 11) is 0. The van der Waals surface area contributed by atoms with E-state index < -0.39 is 12.1 Å². The number of halogens is 3. The van der Waals surface area contributed by atoms with Gasteiger partial charge >= 0.3 is 12.1 Å². The number of hydrogen-bond acceptors (Lipinski definition) is 4. The Kier molecular flexibility index (Phi) is 7.04. The molecule has 1 spiro atoms. The molecule has 2 saturated heterocycles. The van der Waals surface area contributed by atoms with Crippen LogP contribution in [0.15, 0.2) is 53.1 Å². The molecule has 4 rings (SSSR count). The molecule has 3 heterocycles. The topological polar surface area (TPSA) is 74.0 Å². The summed E-state index contributed by atoms with van der Waals surface area (Å²) in [5.74, 6) is -1.42. The Morgan fingerprint density at radius 2 is 1.68 bits per heavy atom. The van der Waals surface area contributed by atoms with E-state index >= 15 is 0 Å². The monoisotopic (exact) mass is 438 g/mol. The van der Waals surface area contributed by atoms with Crippen LogP contribution in [0.25, 0.3) is 0 Å². The van der Waals surface area contributed by atoms with Crippen LogP contribution in [0.5, 0.6) is 0 Å². The fourth-order valence-electron chi connectivity index (χ4n) is 4.17. The van der Waals surface area contributed by atoms with Gasteiger partial charge in [-0.15, -0.1) is 0 Å². The minimum absolute atomic E-state index is 0.0621. The van der Waals surface area contributed by atoms with Gasteiger partial charge < -0.3 is 14.4 Å². The number of alkyl halides is 3. The predicted octanol–water partition coefficient (Wildman–Crippen LogP) is 4.07. The molecular formula is C22H25F3N2O4. The van der Waals surface area contributed by atoms with E-state index in [1.54, 1.807) is 6.26 Å². The molecule has 1 aromatic carbocycles. The zero-order valence-corrected chi connectivity index (χ0v) is 17.0. The third kappa shape index (κ3) is 5.88. The van der Waals surface area contributed by atoms with Crippen molar-refractivity contribution in [3.63, 3.8) is 0 Å². The molecule has 2 aliphatic heterocycles. The van der Waals surface area contributed by atoms with Gasteiger partial charge in [-0.3, -0.25) is 9.69 Å². The highest BCUT2D eigenvalue weighted by Crippen LogP contribution is 2.40. The SMILES string of the molecule is O=C(O)C(F)(F)F.O=C1CCC2(CCN(Cc3ccco3)CC2)N1Cc1ccccc1. The third-order valence-corrected chi connectivity index (χ3v) is 5.85. The first-order valence-electron chi connectivity index (χ1n) is 10.1. The molecule has 2 fully saturated rings. The molecule has 0 aliphatic carbocycles. The lowest BCUT2D eigenvalue weighted by atomic mass is 9.84. The predicted molar refractivity (Wildman–Crippen MR) is 106 cm³/mol. The number of carboxylic acids is 1. The van der Waals surface area contributed by atoms with Crippen LogP contribution in [0.2, 0.25) is 0 Å². The van der Waals surface area contributed by atoms with Crippen molar-refractivity contribution < 1.29 is 32.3 Å². The molecule has 0 unspecified atom stereocenters. The Labute approximate surface area is 178 Å². The van der Waals surface area contributed by atoms with Crippen LogP contribution in [0, 0.1) is 0 Å². The maximum absolute atomic E-state index is 12.5. The zero-order valence-electron chi connectivity index (χ0n) is 17.0. The van der Waals surface area contributed by atoms with Crippen LogP contribution in [-0.2, 0) is 22.7 Å². The Hall–Kier alpha value is -2.81. The first-order valence-corrected chi connectivity index (χ1v) is 10.1. The van der Waals surface area contributed by atoms with Crippen molar-refractivity contribution in [3.8, 4) is 0 Å². The lowest BCUT2D eigenvalue weighted by molar-refractivity contribution is -0.192. The van der Waals surface area contributed by atoms with Gasteiger partial charge in [0.05, 0.1) is 12.8 Å². The van der Waals surface area contributed by atoms with Crippen molar-refractivity contribution in [2.45, 2.75) is 50.5 Å². The molecule has 31 heavy (non-hydrogen) atoms. The molecule has 6 nitrogen and oxygen atoms in total. The van der Waals surface area contributed by atoms with Gasteiger partial charge in [0.1, 0.15) is 5.76 Å². The minimum Gasteiger partial charge on any atom is -0.475 e. The Morgan fingerprint density at radius 3 is 2.23 bits per heavy atom. The molecule has 0 bridgehead atoms. The van der Waals surface area contributed by atoms with E-state index in [4.69, 9.17) is 14.3 Å². The molecule has 0 saturated carbocycles. The van der Waals surface area contributed by atoms with Gasteiger partial charge in [-0.05, 0) is 37.0 Å². The van der Waals surface area contributed by atoms with E-state index in [0.717, 1.165) is 51.2 Å². The second-order valence-corrected chi connectivity index (χ2v) is 7.85. The molecule has 2 aliphatic rings. The number of rotatable bonds is 4. The number of furan rings is 1. The Bertz CT molecular complexity index is 861. The molecule has 0 radical (unpaired) electrons. The standard InChI is InChI=1S/C20H24N2O2.C2HF3O2/c23-19-8-9-20(22(19)15-17-5-2-1-3-6-17)10-12-21(13-11-20)16-18-7-4-14-24-18;3-2(4,5)1(6)7/h1-7,14H,8-13,15-16H2;(H,6,7). The number of benzene rings is 1. The van der Waals surface area contributed by atoms with Crippen molar-refractivity contribution in [1.82, 2.24) is 9.80 Å². The van der Waals surface area contributed by atoms with Crippen LogP contribution in [-0.4, -0.2) is 51.6 Å². The fraction of sp³-hybridized carbons (Fsp3) is 0.455. The smallest absolute Gasteiger partial charge is 0.475 e. The van der Waals surface area contributed by atoms with Gasteiger partial charge in [-0.25, -0.2) is 4.79 Å². The van der Waals surface area contributed by atoms with E-state index in [9.17, 15) is 18.0 Å². The van der Waals surface area contributed by atoms with Crippen LogP contribution in [0.1, 0.15) is 37.0 Å². The summed E-state index contributed by atoms with van der Waals surface area (Å²) >= 11 is 0. The number of carbonyl (C=O) groups excluding carboxylic acids is 1. The van der Waals surface area contributed by atoms with Crippen molar-refractivity contribution in [2.24, 2.45) is 0 Å². The average molecular weight is 438 g/mol. The number of carbonyl (C=O) groups is 2. The maximum Gasteiger partial charge on any atom is 0.490 e. The first-order chi connectivity index (χ1) is 14.7. The summed E-state index contributed by atoms with van der Waals surface area (Å²) in [4.78, 5) is 26.0. The number of hydrogen-bond donors (Lipinski definition) is 1. The largest absolute Gasteiger partial charge is 0.490 e. The molecule has 1 amide bonds. The van der Waals surface area contributed by atoms with Gasteiger partial charge in [-0.1, -0.05) is 30.3 Å². The number of likely N-dealkylation sites (tertiary alicyclic amines) is 2. The van der Waals surface area contributed by atoms with Crippen LogP contribution in [0.4, 0.5) is 13.2 Å². The number of piperidine rings is 1. The summed E-state index contributed by atoms with van der Waals surface area (Å²) in [5, 5.41) is 7.12. The van der Waals surface area contributed by atoms with Crippen molar-refractivity contribution in [3.05, 3.63) is 60.1 Å². The van der Waals surface area contributed by atoms with Gasteiger partial charge in [0.15, 0.2) is 0 Å². The maximum atomic E-state index is 12.5. The van der Waals surface area contributed by atoms with Gasteiger partial charge in [-0.2, -0.15) is 13.2 Å². The molecular weight excluding hydrogens is 413 g/mol. The second-order valence-electron chi connectivity index (χ2n) is 7.85. The summed E-state index contributed by atoms with van der Waals surface area (Å²) in [6.07, 6.45) is 0.481. The molecule has 2 aromatic rings. The average Bonchev–Trinajstić information content (AvgIpc) is 3.35. The van der Waals surface area contributed by atoms with Gasteiger partial charge in [0.25, 0.3) is 0 Å². The first kappa shape index (κ1) is 22.9. The summed E-state index contributed by atoms with van der Waals surface area (Å²) in [6.45, 7) is 3.67. The van der Waals surface area contributed by atoms with Gasteiger partial charge in [0.2, 0.25) is 5.91 Å².